The third-order valence-corrected chi connectivity index (χ3v) is 2.59. The molecule has 0 aliphatic rings. The maximum Gasteiger partial charge on any atom is 0.417 e. The van der Waals surface area contributed by atoms with E-state index in [1.807, 2.05) is 0 Å². The average molecular weight is 264 g/mol. The normalized spacial score (nSPS) is 11.1. The molecule has 1 rings (SSSR count). The standard InChI is InChI=1S/C9H5BrF3N/c10-8-6(4-5-14)2-1-3-7(8)9(11,12)13/h1-3H,4H2. The van der Waals surface area contributed by atoms with Crippen molar-refractivity contribution < 1.29 is 13.2 Å². The van der Waals surface area contributed by atoms with Gasteiger partial charge >= 0.3 is 6.18 Å². The number of hydrogen-bond donors (Lipinski definition) is 0. The van der Waals surface area contributed by atoms with Crippen LogP contribution in [0.1, 0.15) is 11.1 Å². The molecule has 0 saturated heterocycles. The summed E-state index contributed by atoms with van der Waals surface area (Å²) in [6, 6.07) is 5.56. The van der Waals surface area contributed by atoms with Gasteiger partial charge in [-0.1, -0.05) is 12.1 Å². The number of hydrogen-bond acceptors (Lipinski definition) is 1. The van der Waals surface area contributed by atoms with Crippen molar-refractivity contribution in [3.63, 3.8) is 0 Å². The van der Waals surface area contributed by atoms with Crippen molar-refractivity contribution in [3.8, 4) is 6.07 Å². The van der Waals surface area contributed by atoms with Crippen LogP contribution in [0.5, 0.6) is 0 Å². The number of nitrogens with zero attached hydrogens (tertiary/aromatic N) is 1. The summed E-state index contributed by atoms with van der Waals surface area (Å²) >= 11 is 2.85. The van der Waals surface area contributed by atoms with Crippen LogP contribution in [-0.2, 0) is 12.6 Å². The summed E-state index contributed by atoms with van der Waals surface area (Å²) in [5, 5.41) is 8.39. The van der Waals surface area contributed by atoms with Crippen molar-refractivity contribution in [1.29, 1.82) is 5.26 Å². The lowest BCUT2D eigenvalue weighted by molar-refractivity contribution is -0.138. The Hall–Kier alpha value is -1.02. The highest BCUT2D eigenvalue weighted by atomic mass is 79.9. The molecule has 0 unspecified atom stereocenters. The molecule has 14 heavy (non-hydrogen) atoms. The summed E-state index contributed by atoms with van der Waals surface area (Å²) in [7, 11) is 0. The lowest BCUT2D eigenvalue weighted by atomic mass is 10.1. The number of nitriles is 1. The fraction of sp³-hybridized carbons (Fsp3) is 0.222. The highest BCUT2D eigenvalue weighted by molar-refractivity contribution is 9.10. The molecule has 0 aliphatic carbocycles. The number of benzene rings is 1. The monoisotopic (exact) mass is 263 g/mol. The van der Waals surface area contributed by atoms with E-state index < -0.39 is 11.7 Å². The van der Waals surface area contributed by atoms with E-state index in [0.717, 1.165) is 6.07 Å². The molecule has 0 N–H and O–H groups in total. The molecule has 0 radical (unpaired) electrons. The molecule has 0 aliphatic heterocycles. The average Bonchev–Trinajstić information content (AvgIpc) is 2.07. The second kappa shape index (κ2) is 4.01. The summed E-state index contributed by atoms with van der Waals surface area (Å²) in [5.41, 5.74) is -0.396. The first-order valence-corrected chi connectivity index (χ1v) is 4.47. The smallest absolute Gasteiger partial charge is 0.198 e. The van der Waals surface area contributed by atoms with Crippen LogP contribution in [0.4, 0.5) is 13.2 Å². The Morgan fingerprint density at radius 3 is 2.50 bits per heavy atom. The van der Waals surface area contributed by atoms with E-state index >= 15 is 0 Å². The van der Waals surface area contributed by atoms with Gasteiger partial charge in [0.15, 0.2) is 0 Å². The maximum atomic E-state index is 12.4. The van der Waals surface area contributed by atoms with Crippen molar-refractivity contribution in [1.82, 2.24) is 0 Å². The lowest BCUT2D eigenvalue weighted by Gasteiger charge is -2.10. The first kappa shape index (κ1) is 11.1. The van der Waals surface area contributed by atoms with Gasteiger partial charge in [0, 0.05) is 4.47 Å². The van der Waals surface area contributed by atoms with E-state index in [-0.39, 0.29) is 10.9 Å². The topological polar surface area (TPSA) is 23.8 Å². The Balaban J connectivity index is 3.22. The SMILES string of the molecule is N#CCc1cccc(C(F)(F)F)c1Br. The zero-order chi connectivity index (χ0) is 10.8. The predicted molar refractivity (Wildman–Crippen MR) is 48.5 cm³/mol. The molecule has 0 fully saturated rings. The molecule has 0 atom stereocenters. The molecule has 0 spiro atoms. The summed E-state index contributed by atoms with van der Waals surface area (Å²) in [6.07, 6.45) is -4.42. The summed E-state index contributed by atoms with van der Waals surface area (Å²) in [4.78, 5) is 0. The quantitative estimate of drug-likeness (QED) is 0.761. The fourth-order valence-electron chi connectivity index (χ4n) is 1.02. The van der Waals surface area contributed by atoms with Crippen molar-refractivity contribution >= 4 is 15.9 Å². The minimum absolute atomic E-state index is 0.0372. The Bertz CT molecular complexity index is 379. The van der Waals surface area contributed by atoms with Crippen LogP contribution in [0.2, 0.25) is 0 Å². The van der Waals surface area contributed by atoms with Crippen LogP contribution in [-0.4, -0.2) is 0 Å². The van der Waals surface area contributed by atoms with Crippen LogP contribution in [0.3, 0.4) is 0 Å². The van der Waals surface area contributed by atoms with E-state index in [1.54, 1.807) is 6.07 Å². The highest BCUT2D eigenvalue weighted by Crippen LogP contribution is 2.36. The molecule has 0 bridgehead atoms. The molecule has 5 heteroatoms. The third-order valence-electron chi connectivity index (χ3n) is 1.65. The molecule has 0 saturated carbocycles. The number of halogens is 4. The van der Waals surface area contributed by atoms with Gasteiger partial charge in [-0.3, -0.25) is 0 Å². The summed E-state index contributed by atoms with van der Waals surface area (Å²) in [6.45, 7) is 0. The molecular weight excluding hydrogens is 259 g/mol. The Labute approximate surface area is 87.3 Å². The molecule has 0 aromatic heterocycles. The number of alkyl halides is 3. The van der Waals surface area contributed by atoms with Crippen LogP contribution in [0.15, 0.2) is 22.7 Å². The first-order valence-electron chi connectivity index (χ1n) is 3.68. The van der Waals surface area contributed by atoms with E-state index in [4.69, 9.17) is 5.26 Å². The Morgan fingerprint density at radius 1 is 1.36 bits per heavy atom. The zero-order valence-electron chi connectivity index (χ0n) is 6.90. The maximum absolute atomic E-state index is 12.4. The number of rotatable bonds is 1. The molecule has 0 amide bonds. The largest absolute Gasteiger partial charge is 0.417 e. The van der Waals surface area contributed by atoms with Crippen LogP contribution >= 0.6 is 15.9 Å². The van der Waals surface area contributed by atoms with Gasteiger partial charge in [-0.05, 0) is 27.6 Å². The molecule has 0 heterocycles. The van der Waals surface area contributed by atoms with Crippen LogP contribution in [0.25, 0.3) is 0 Å². The Kier molecular flexibility index (Phi) is 3.17. The Morgan fingerprint density at radius 2 is 2.00 bits per heavy atom. The van der Waals surface area contributed by atoms with Gasteiger partial charge in [-0.2, -0.15) is 18.4 Å². The van der Waals surface area contributed by atoms with E-state index in [1.165, 1.54) is 12.1 Å². The van der Waals surface area contributed by atoms with E-state index in [2.05, 4.69) is 15.9 Å². The molecule has 1 aromatic rings. The minimum atomic E-state index is -4.38. The van der Waals surface area contributed by atoms with Gasteiger partial charge in [-0.15, -0.1) is 0 Å². The molecular formula is C9H5BrF3N. The van der Waals surface area contributed by atoms with Gasteiger partial charge in [0.25, 0.3) is 0 Å². The van der Waals surface area contributed by atoms with Gasteiger partial charge in [0.05, 0.1) is 18.1 Å². The summed E-state index contributed by atoms with van der Waals surface area (Å²) < 4.78 is 37.0. The third kappa shape index (κ3) is 2.26. The minimum Gasteiger partial charge on any atom is -0.198 e. The molecule has 74 valence electrons. The molecule has 1 aromatic carbocycles. The fourth-order valence-corrected chi connectivity index (χ4v) is 1.65. The summed E-state index contributed by atoms with van der Waals surface area (Å²) in [5.74, 6) is 0. The van der Waals surface area contributed by atoms with Crippen molar-refractivity contribution in [2.45, 2.75) is 12.6 Å². The van der Waals surface area contributed by atoms with E-state index in [0.29, 0.717) is 5.56 Å². The predicted octanol–water partition coefficient (Wildman–Crippen LogP) is 3.53. The lowest BCUT2D eigenvalue weighted by Crippen LogP contribution is -2.07. The van der Waals surface area contributed by atoms with Crippen LogP contribution < -0.4 is 0 Å². The van der Waals surface area contributed by atoms with Crippen LogP contribution in [0, 0.1) is 11.3 Å². The highest BCUT2D eigenvalue weighted by Gasteiger charge is 2.33. The second-order valence-electron chi connectivity index (χ2n) is 2.61. The van der Waals surface area contributed by atoms with Crippen molar-refractivity contribution in [2.75, 3.05) is 0 Å². The zero-order valence-corrected chi connectivity index (χ0v) is 8.48. The van der Waals surface area contributed by atoms with Gasteiger partial charge in [-0.25, -0.2) is 0 Å². The van der Waals surface area contributed by atoms with Gasteiger partial charge in [0.1, 0.15) is 0 Å². The van der Waals surface area contributed by atoms with Crippen molar-refractivity contribution in [2.24, 2.45) is 0 Å². The van der Waals surface area contributed by atoms with Crippen molar-refractivity contribution in [3.05, 3.63) is 33.8 Å². The van der Waals surface area contributed by atoms with Gasteiger partial charge in [0.2, 0.25) is 0 Å². The van der Waals surface area contributed by atoms with Gasteiger partial charge < -0.3 is 0 Å². The van der Waals surface area contributed by atoms with E-state index in [9.17, 15) is 13.2 Å². The molecule has 1 nitrogen and oxygen atoms in total. The first-order chi connectivity index (χ1) is 6.46. The second-order valence-corrected chi connectivity index (χ2v) is 3.40.